The van der Waals surface area contributed by atoms with Crippen molar-refractivity contribution < 1.29 is 26.4 Å². The Balaban J connectivity index is 1.38. The molecule has 1 aliphatic heterocycles. The summed E-state index contributed by atoms with van der Waals surface area (Å²) in [6, 6.07) is 12.8. The number of aryl methyl sites for hydroxylation is 1. The molecule has 0 fully saturated rings. The van der Waals surface area contributed by atoms with Gasteiger partial charge >= 0.3 is 0 Å². The fourth-order valence-corrected chi connectivity index (χ4v) is 5.79. The van der Waals surface area contributed by atoms with Crippen molar-refractivity contribution in [3.8, 4) is 0 Å². The van der Waals surface area contributed by atoms with Crippen molar-refractivity contribution in [3.63, 3.8) is 0 Å². The zero-order valence-electron chi connectivity index (χ0n) is 17.8. The van der Waals surface area contributed by atoms with Gasteiger partial charge in [-0.25, -0.2) is 35.8 Å². The highest BCUT2D eigenvalue weighted by Gasteiger charge is 2.40. The van der Waals surface area contributed by atoms with Gasteiger partial charge in [-0.05, 0) is 49.4 Å². The van der Waals surface area contributed by atoms with Crippen LogP contribution in [0.3, 0.4) is 0 Å². The van der Waals surface area contributed by atoms with E-state index in [4.69, 9.17) is 0 Å². The molecular formula is C21H19N5O6S2. The van der Waals surface area contributed by atoms with E-state index < -0.39 is 31.9 Å². The summed E-state index contributed by atoms with van der Waals surface area (Å²) in [4.78, 5) is 32.4. The molecule has 34 heavy (non-hydrogen) atoms. The molecule has 0 radical (unpaired) electrons. The molecule has 0 atom stereocenters. The molecule has 0 saturated heterocycles. The summed E-state index contributed by atoms with van der Waals surface area (Å²) in [5, 5.41) is 2.55. The third-order valence-corrected chi connectivity index (χ3v) is 8.11. The average molecular weight is 502 g/mol. The van der Waals surface area contributed by atoms with Crippen LogP contribution < -0.4 is 10.0 Å². The summed E-state index contributed by atoms with van der Waals surface area (Å²) in [7, 11) is -7.94. The van der Waals surface area contributed by atoms with E-state index in [-0.39, 0.29) is 34.3 Å². The number of nitrogens with zero attached hydrogens (tertiary/aromatic N) is 3. The lowest BCUT2D eigenvalue weighted by atomic mass is 10.2. The van der Waals surface area contributed by atoms with Crippen LogP contribution in [0.1, 0.15) is 22.5 Å². The SMILES string of the molecule is Cc1ccnc(NS(=O)(=O)c2ccc(NC(=O)CCN3C(=O)c4ccccc4S3(=O)=O)cc2)n1. The Morgan fingerprint density at radius 1 is 1.06 bits per heavy atom. The Bertz CT molecular complexity index is 1490. The number of nitrogens with one attached hydrogen (secondary N) is 2. The van der Waals surface area contributed by atoms with E-state index in [0.29, 0.717) is 15.7 Å². The van der Waals surface area contributed by atoms with E-state index in [1.54, 1.807) is 19.1 Å². The van der Waals surface area contributed by atoms with E-state index in [1.807, 2.05) is 0 Å². The molecule has 11 nitrogen and oxygen atoms in total. The first-order valence-electron chi connectivity index (χ1n) is 9.96. The van der Waals surface area contributed by atoms with Gasteiger partial charge in [0.15, 0.2) is 0 Å². The van der Waals surface area contributed by atoms with Gasteiger partial charge in [-0.3, -0.25) is 9.59 Å². The lowest BCUT2D eigenvalue weighted by molar-refractivity contribution is -0.116. The number of hydrogen-bond acceptors (Lipinski definition) is 8. The maximum Gasteiger partial charge on any atom is 0.269 e. The maximum atomic E-state index is 12.5. The second-order valence-corrected chi connectivity index (χ2v) is 10.8. The first-order valence-corrected chi connectivity index (χ1v) is 12.9. The molecule has 0 spiro atoms. The number of benzene rings is 2. The zero-order chi connectivity index (χ0) is 24.5. The van der Waals surface area contributed by atoms with E-state index in [0.717, 1.165) is 0 Å². The van der Waals surface area contributed by atoms with Crippen LogP contribution in [0, 0.1) is 6.92 Å². The fraction of sp³-hybridized carbons (Fsp3) is 0.143. The quantitative estimate of drug-likeness (QED) is 0.496. The molecular weight excluding hydrogens is 482 g/mol. The van der Waals surface area contributed by atoms with Gasteiger partial charge in [0, 0.05) is 30.5 Å². The minimum absolute atomic E-state index is 0.0639. The van der Waals surface area contributed by atoms with E-state index in [1.165, 1.54) is 48.7 Å². The summed E-state index contributed by atoms with van der Waals surface area (Å²) in [6.45, 7) is 1.37. The molecule has 3 aromatic rings. The Hall–Kier alpha value is -3.84. The van der Waals surface area contributed by atoms with Crippen molar-refractivity contribution in [1.82, 2.24) is 14.3 Å². The summed E-state index contributed by atoms with van der Waals surface area (Å²) < 4.78 is 53.1. The molecule has 1 aromatic heterocycles. The van der Waals surface area contributed by atoms with Gasteiger partial charge in [-0.15, -0.1) is 0 Å². The number of carbonyl (C=O) groups is 2. The van der Waals surface area contributed by atoms with E-state index >= 15 is 0 Å². The Morgan fingerprint density at radius 2 is 1.76 bits per heavy atom. The molecule has 1 aliphatic rings. The first-order chi connectivity index (χ1) is 16.1. The predicted molar refractivity (Wildman–Crippen MR) is 122 cm³/mol. The van der Waals surface area contributed by atoms with Crippen molar-refractivity contribution in [2.24, 2.45) is 0 Å². The summed E-state index contributed by atoms with van der Waals surface area (Å²) in [5.74, 6) is -1.28. The van der Waals surface area contributed by atoms with Gasteiger partial charge in [0.2, 0.25) is 11.9 Å². The number of amides is 2. The summed E-state index contributed by atoms with van der Waals surface area (Å²) in [5.41, 5.74) is 0.970. The first kappa shape index (κ1) is 23.3. The van der Waals surface area contributed by atoms with Gasteiger partial charge in [-0.2, -0.15) is 0 Å². The number of rotatable bonds is 7. The number of hydrogen-bond donors (Lipinski definition) is 2. The molecule has 0 aliphatic carbocycles. The Labute approximate surface area is 196 Å². The second kappa shape index (κ2) is 8.83. The highest BCUT2D eigenvalue weighted by Crippen LogP contribution is 2.30. The monoisotopic (exact) mass is 501 g/mol. The summed E-state index contributed by atoms with van der Waals surface area (Å²) >= 11 is 0. The maximum absolute atomic E-state index is 12.5. The molecule has 0 bridgehead atoms. The van der Waals surface area contributed by atoms with Crippen molar-refractivity contribution in [3.05, 3.63) is 72.1 Å². The molecule has 4 rings (SSSR count). The summed E-state index contributed by atoms with van der Waals surface area (Å²) in [6.07, 6.45) is 1.16. The topological polar surface area (TPSA) is 156 Å². The Morgan fingerprint density at radius 3 is 2.44 bits per heavy atom. The normalized spacial score (nSPS) is 14.5. The van der Waals surface area contributed by atoms with Crippen molar-refractivity contribution in [2.75, 3.05) is 16.6 Å². The Kier molecular flexibility index (Phi) is 6.06. The lowest BCUT2D eigenvalue weighted by Crippen LogP contribution is -2.33. The number of sulfonamides is 2. The molecule has 2 amide bonds. The number of anilines is 2. The minimum Gasteiger partial charge on any atom is -0.326 e. The number of aromatic nitrogens is 2. The lowest BCUT2D eigenvalue weighted by Gasteiger charge is -2.15. The van der Waals surface area contributed by atoms with Gasteiger partial charge in [-0.1, -0.05) is 12.1 Å². The largest absolute Gasteiger partial charge is 0.326 e. The van der Waals surface area contributed by atoms with Crippen LogP contribution in [0.2, 0.25) is 0 Å². The number of fused-ring (bicyclic) bond motifs is 1. The third-order valence-electron chi connectivity index (χ3n) is 4.92. The molecule has 0 unspecified atom stereocenters. The van der Waals surface area contributed by atoms with Gasteiger partial charge in [0.25, 0.3) is 26.0 Å². The predicted octanol–water partition coefficient (Wildman–Crippen LogP) is 1.76. The van der Waals surface area contributed by atoms with Crippen LogP contribution in [0.4, 0.5) is 11.6 Å². The van der Waals surface area contributed by atoms with E-state index in [9.17, 15) is 26.4 Å². The molecule has 13 heteroatoms. The van der Waals surface area contributed by atoms with Crippen LogP contribution >= 0.6 is 0 Å². The van der Waals surface area contributed by atoms with E-state index in [2.05, 4.69) is 20.0 Å². The van der Waals surface area contributed by atoms with Crippen molar-refractivity contribution >= 4 is 43.5 Å². The van der Waals surface area contributed by atoms with Gasteiger partial charge in [0.05, 0.1) is 10.5 Å². The highest BCUT2D eigenvalue weighted by molar-refractivity contribution is 7.92. The molecule has 2 aromatic carbocycles. The molecule has 2 heterocycles. The van der Waals surface area contributed by atoms with Gasteiger partial charge in [0.1, 0.15) is 4.90 Å². The second-order valence-electron chi connectivity index (χ2n) is 7.33. The average Bonchev–Trinajstić information content (AvgIpc) is 2.98. The fourth-order valence-electron chi connectivity index (χ4n) is 3.27. The van der Waals surface area contributed by atoms with Crippen molar-refractivity contribution in [1.29, 1.82) is 0 Å². The molecule has 2 N–H and O–H groups in total. The van der Waals surface area contributed by atoms with Crippen LogP contribution in [-0.2, 0) is 24.8 Å². The van der Waals surface area contributed by atoms with Gasteiger partial charge < -0.3 is 5.32 Å². The smallest absolute Gasteiger partial charge is 0.269 e. The van der Waals surface area contributed by atoms with Crippen molar-refractivity contribution in [2.45, 2.75) is 23.1 Å². The number of carbonyl (C=O) groups excluding carboxylic acids is 2. The van der Waals surface area contributed by atoms with Crippen LogP contribution in [0.5, 0.6) is 0 Å². The standard InChI is InChI=1S/C21H19N5O6S2/c1-14-10-12-22-21(23-14)25-33(29,30)16-8-6-15(7-9-16)24-19(27)11-13-26-20(28)17-4-2-3-5-18(17)34(26,31)32/h2-10,12H,11,13H2,1H3,(H,24,27)(H,22,23,25). The van der Waals surface area contributed by atoms with Crippen LogP contribution in [-0.4, -0.2) is 49.5 Å². The third kappa shape index (κ3) is 4.61. The van der Waals surface area contributed by atoms with Crippen LogP contribution in [0.25, 0.3) is 0 Å². The van der Waals surface area contributed by atoms with Crippen LogP contribution in [0.15, 0.2) is 70.6 Å². The molecule has 176 valence electrons. The molecule has 0 saturated carbocycles. The zero-order valence-corrected chi connectivity index (χ0v) is 19.4. The minimum atomic E-state index is -3.99. The highest BCUT2D eigenvalue weighted by atomic mass is 32.2.